The molecule has 0 aliphatic heterocycles. The Labute approximate surface area is 121 Å². The minimum Gasteiger partial charge on any atom is -0.380 e. The predicted octanol–water partition coefficient (Wildman–Crippen LogP) is -0.454. The second-order valence-electron chi connectivity index (χ2n) is 5.14. The minimum atomic E-state index is -0.528. The van der Waals surface area contributed by atoms with E-state index in [0.717, 1.165) is 13.0 Å². The van der Waals surface area contributed by atoms with Gasteiger partial charge in [-0.15, -0.1) is 0 Å². The van der Waals surface area contributed by atoms with Crippen LogP contribution in [0, 0.1) is 5.92 Å². The number of amides is 1. The summed E-state index contributed by atoms with van der Waals surface area (Å²) in [5.74, 6) is 0.520. The van der Waals surface area contributed by atoms with Gasteiger partial charge in [-0.3, -0.25) is 9.79 Å². The summed E-state index contributed by atoms with van der Waals surface area (Å²) < 4.78 is 5.40. The van der Waals surface area contributed by atoms with Crippen molar-refractivity contribution in [2.75, 3.05) is 26.3 Å². The summed E-state index contributed by atoms with van der Waals surface area (Å²) in [4.78, 5) is 15.5. The molecule has 1 atom stereocenters. The predicted molar refractivity (Wildman–Crippen MR) is 81.2 cm³/mol. The Hall–Kier alpha value is -1.34. The Bertz CT molecular complexity index is 290. The van der Waals surface area contributed by atoms with E-state index in [2.05, 4.69) is 24.2 Å². The maximum atomic E-state index is 11.6. The van der Waals surface area contributed by atoms with E-state index in [-0.39, 0.29) is 11.9 Å². The van der Waals surface area contributed by atoms with Gasteiger partial charge in [-0.1, -0.05) is 13.8 Å². The number of hydrogen-bond donors (Lipinski definition) is 4. The number of aliphatic imine (C=N–C) groups is 1. The van der Waals surface area contributed by atoms with Crippen LogP contribution in [-0.4, -0.2) is 44.2 Å². The lowest BCUT2D eigenvalue weighted by molar-refractivity contribution is -0.122. The van der Waals surface area contributed by atoms with Crippen molar-refractivity contribution in [3.05, 3.63) is 0 Å². The van der Waals surface area contributed by atoms with Crippen LogP contribution in [0.2, 0.25) is 0 Å². The molecule has 1 unspecified atom stereocenters. The van der Waals surface area contributed by atoms with Gasteiger partial charge < -0.3 is 27.3 Å². The Morgan fingerprint density at radius 2 is 1.95 bits per heavy atom. The molecule has 0 fully saturated rings. The number of nitrogens with one attached hydrogen (secondary N) is 1. The van der Waals surface area contributed by atoms with Gasteiger partial charge in [-0.25, -0.2) is 0 Å². The number of rotatable bonds is 11. The highest BCUT2D eigenvalue weighted by Gasteiger charge is 2.11. The summed E-state index contributed by atoms with van der Waals surface area (Å²) >= 11 is 0. The first-order valence-corrected chi connectivity index (χ1v) is 7.10. The summed E-state index contributed by atoms with van der Waals surface area (Å²) in [6.07, 6.45) is 2.26. The number of guanidine groups is 1. The molecule has 0 radical (unpaired) electrons. The average Bonchev–Trinajstić information content (AvgIpc) is 2.37. The van der Waals surface area contributed by atoms with E-state index in [4.69, 9.17) is 21.9 Å². The molecular formula is C13H29N5O2. The molecule has 0 saturated carbocycles. The molecule has 0 heterocycles. The van der Waals surface area contributed by atoms with E-state index in [1.807, 2.05) is 0 Å². The van der Waals surface area contributed by atoms with Crippen LogP contribution in [0.15, 0.2) is 4.99 Å². The van der Waals surface area contributed by atoms with Crippen molar-refractivity contribution < 1.29 is 9.53 Å². The third-order valence-corrected chi connectivity index (χ3v) is 2.69. The maximum Gasteiger partial charge on any atom is 0.236 e. The van der Waals surface area contributed by atoms with Crippen LogP contribution in [0.1, 0.15) is 33.1 Å². The lowest BCUT2D eigenvalue weighted by atomic mass is 10.1. The summed E-state index contributed by atoms with van der Waals surface area (Å²) in [5, 5.41) is 2.75. The third kappa shape index (κ3) is 11.7. The van der Waals surface area contributed by atoms with Gasteiger partial charge in [0.25, 0.3) is 0 Å². The van der Waals surface area contributed by atoms with Gasteiger partial charge in [0.15, 0.2) is 5.96 Å². The molecule has 0 saturated heterocycles. The lowest BCUT2D eigenvalue weighted by Gasteiger charge is -2.12. The monoisotopic (exact) mass is 287 g/mol. The maximum absolute atomic E-state index is 11.6. The molecule has 0 aliphatic carbocycles. The molecule has 0 aromatic rings. The van der Waals surface area contributed by atoms with Crippen LogP contribution < -0.4 is 22.5 Å². The number of nitrogens with zero attached hydrogens (tertiary/aromatic N) is 1. The molecule has 0 aromatic carbocycles. The van der Waals surface area contributed by atoms with E-state index in [1.165, 1.54) is 0 Å². The van der Waals surface area contributed by atoms with Crippen LogP contribution in [-0.2, 0) is 9.53 Å². The zero-order valence-electron chi connectivity index (χ0n) is 12.6. The Morgan fingerprint density at radius 1 is 1.25 bits per heavy atom. The number of ether oxygens (including phenoxy) is 1. The van der Waals surface area contributed by atoms with Crippen LogP contribution in [0.5, 0.6) is 0 Å². The number of carbonyl (C=O) groups is 1. The van der Waals surface area contributed by atoms with Crippen molar-refractivity contribution in [3.8, 4) is 0 Å². The van der Waals surface area contributed by atoms with Gasteiger partial charge in [0, 0.05) is 19.7 Å². The molecule has 1 amide bonds. The Balaban J connectivity index is 3.53. The van der Waals surface area contributed by atoms with Crippen LogP contribution in [0.3, 0.4) is 0 Å². The first-order valence-electron chi connectivity index (χ1n) is 7.10. The van der Waals surface area contributed by atoms with Crippen molar-refractivity contribution in [1.82, 2.24) is 5.32 Å². The van der Waals surface area contributed by atoms with Gasteiger partial charge in [0.2, 0.25) is 5.91 Å². The lowest BCUT2D eigenvalue weighted by Crippen LogP contribution is -2.41. The Morgan fingerprint density at radius 3 is 2.55 bits per heavy atom. The van der Waals surface area contributed by atoms with E-state index in [1.54, 1.807) is 0 Å². The molecule has 0 rings (SSSR count). The van der Waals surface area contributed by atoms with Crippen molar-refractivity contribution in [3.63, 3.8) is 0 Å². The molecule has 118 valence electrons. The summed E-state index contributed by atoms with van der Waals surface area (Å²) in [7, 11) is 0. The third-order valence-electron chi connectivity index (χ3n) is 2.69. The highest BCUT2D eigenvalue weighted by Crippen LogP contribution is 1.98. The standard InChI is InChI=1S/C13H29N5O2/c1-10(2)5-8-20-9-7-17-12(19)11(14)4-3-6-18-13(15)16/h10-11H,3-9,14H2,1-2H3,(H,17,19)(H4,15,16,18). The summed E-state index contributed by atoms with van der Waals surface area (Å²) in [6, 6.07) is -0.528. The Kier molecular flexibility index (Phi) is 10.7. The highest BCUT2D eigenvalue weighted by atomic mass is 16.5. The van der Waals surface area contributed by atoms with Crippen LogP contribution in [0.25, 0.3) is 0 Å². The van der Waals surface area contributed by atoms with E-state index < -0.39 is 6.04 Å². The fraction of sp³-hybridized carbons (Fsp3) is 0.846. The topological polar surface area (TPSA) is 129 Å². The first kappa shape index (κ1) is 18.7. The average molecular weight is 287 g/mol. The van der Waals surface area contributed by atoms with Crippen molar-refractivity contribution in [1.29, 1.82) is 0 Å². The van der Waals surface area contributed by atoms with Gasteiger partial charge in [-0.2, -0.15) is 0 Å². The molecule has 7 heteroatoms. The zero-order valence-corrected chi connectivity index (χ0v) is 12.6. The largest absolute Gasteiger partial charge is 0.380 e. The molecule has 0 bridgehead atoms. The summed E-state index contributed by atoms with van der Waals surface area (Å²) in [6.45, 7) is 6.50. The molecule has 0 aliphatic rings. The zero-order chi connectivity index (χ0) is 15.4. The minimum absolute atomic E-state index is 0.0570. The second kappa shape index (κ2) is 11.5. The fourth-order valence-corrected chi connectivity index (χ4v) is 1.45. The van der Waals surface area contributed by atoms with Crippen molar-refractivity contribution >= 4 is 11.9 Å². The molecule has 7 N–H and O–H groups in total. The van der Waals surface area contributed by atoms with E-state index in [0.29, 0.717) is 38.5 Å². The smallest absolute Gasteiger partial charge is 0.236 e. The van der Waals surface area contributed by atoms with Crippen molar-refractivity contribution in [2.24, 2.45) is 28.1 Å². The van der Waals surface area contributed by atoms with Crippen LogP contribution in [0.4, 0.5) is 0 Å². The number of nitrogens with two attached hydrogens (primary N) is 3. The summed E-state index contributed by atoms with van der Waals surface area (Å²) in [5.41, 5.74) is 16.1. The van der Waals surface area contributed by atoms with E-state index >= 15 is 0 Å². The fourth-order valence-electron chi connectivity index (χ4n) is 1.45. The SMILES string of the molecule is CC(C)CCOCCNC(=O)C(N)CCCN=C(N)N. The normalized spacial score (nSPS) is 12.2. The molecular weight excluding hydrogens is 258 g/mol. The number of carbonyl (C=O) groups excluding carboxylic acids is 1. The molecule has 20 heavy (non-hydrogen) atoms. The second-order valence-corrected chi connectivity index (χ2v) is 5.14. The van der Waals surface area contributed by atoms with Gasteiger partial charge in [0.1, 0.15) is 0 Å². The quantitative estimate of drug-likeness (QED) is 0.232. The molecule has 0 spiro atoms. The van der Waals surface area contributed by atoms with Gasteiger partial charge >= 0.3 is 0 Å². The first-order chi connectivity index (χ1) is 9.43. The van der Waals surface area contributed by atoms with Gasteiger partial charge in [-0.05, 0) is 25.2 Å². The number of hydrogen-bond acceptors (Lipinski definition) is 4. The van der Waals surface area contributed by atoms with E-state index in [9.17, 15) is 4.79 Å². The highest BCUT2D eigenvalue weighted by molar-refractivity contribution is 5.81. The van der Waals surface area contributed by atoms with Gasteiger partial charge in [0.05, 0.1) is 12.6 Å². The van der Waals surface area contributed by atoms with Crippen molar-refractivity contribution in [2.45, 2.75) is 39.2 Å². The molecule has 7 nitrogen and oxygen atoms in total. The van der Waals surface area contributed by atoms with Crippen LogP contribution >= 0.6 is 0 Å². The molecule has 0 aromatic heterocycles.